The first-order valence-electron chi connectivity index (χ1n) is 8.29. The lowest BCUT2D eigenvalue weighted by Gasteiger charge is -2.28. The third-order valence-electron chi connectivity index (χ3n) is 5.22. The molecule has 0 aromatic heterocycles. The molecule has 0 heterocycles. The summed E-state index contributed by atoms with van der Waals surface area (Å²) in [6.45, 7) is 2.40. The summed E-state index contributed by atoms with van der Waals surface area (Å²) in [4.78, 5) is 12.0. The number of hydrogen-bond acceptors (Lipinski definition) is 2. The summed E-state index contributed by atoms with van der Waals surface area (Å²) in [6, 6.07) is 6.24. The molecule has 1 aromatic rings. The number of benzene rings is 1. The van der Waals surface area contributed by atoms with Crippen LogP contribution in [-0.4, -0.2) is 18.6 Å². The van der Waals surface area contributed by atoms with Gasteiger partial charge in [0.15, 0.2) is 0 Å². The Morgan fingerprint density at radius 1 is 1.41 bits per heavy atom. The number of hydrogen-bond donors (Lipinski definition) is 1. The third-order valence-corrected chi connectivity index (χ3v) is 5.22. The monoisotopic (exact) mass is 305 g/mol. The minimum absolute atomic E-state index is 0.0201. The Bertz CT molecular complexity index is 534. The van der Waals surface area contributed by atoms with Gasteiger partial charge in [-0.1, -0.05) is 12.5 Å². The highest BCUT2D eigenvalue weighted by Gasteiger charge is 2.42. The van der Waals surface area contributed by atoms with Crippen molar-refractivity contribution in [2.75, 3.05) is 6.61 Å². The van der Waals surface area contributed by atoms with Gasteiger partial charge >= 0.3 is 0 Å². The van der Waals surface area contributed by atoms with Gasteiger partial charge in [-0.15, -0.1) is 0 Å². The fraction of sp³-hybridized carbons (Fsp3) is 0.611. The highest BCUT2D eigenvalue weighted by molar-refractivity contribution is 5.76. The second kappa shape index (κ2) is 6.67. The van der Waals surface area contributed by atoms with Gasteiger partial charge in [-0.2, -0.15) is 0 Å². The van der Waals surface area contributed by atoms with E-state index in [1.54, 1.807) is 12.1 Å². The molecule has 120 valence electrons. The molecular weight excluding hydrogens is 281 g/mol. The molecule has 2 bridgehead atoms. The number of ether oxygens (including phenoxy) is 1. The summed E-state index contributed by atoms with van der Waals surface area (Å²) in [6.07, 6.45) is 5.64. The summed E-state index contributed by atoms with van der Waals surface area (Å²) >= 11 is 0. The molecule has 0 unspecified atom stereocenters. The summed E-state index contributed by atoms with van der Waals surface area (Å²) in [7, 11) is 0. The molecule has 2 fully saturated rings. The van der Waals surface area contributed by atoms with Crippen LogP contribution in [-0.2, 0) is 4.79 Å². The quantitative estimate of drug-likeness (QED) is 0.873. The second-order valence-corrected chi connectivity index (χ2v) is 6.75. The van der Waals surface area contributed by atoms with Crippen LogP contribution in [0, 0.1) is 23.6 Å². The molecule has 0 radical (unpaired) electrons. The number of halogens is 1. The summed E-state index contributed by atoms with van der Waals surface area (Å²) in [5.41, 5.74) is 0. The van der Waals surface area contributed by atoms with Crippen LogP contribution in [0.1, 0.15) is 39.0 Å². The van der Waals surface area contributed by atoms with E-state index in [1.165, 1.54) is 37.8 Å². The molecule has 3 nitrogen and oxygen atoms in total. The number of carbonyl (C=O) groups excluding carboxylic acids is 1. The molecule has 2 aliphatic carbocycles. The molecule has 0 saturated heterocycles. The Morgan fingerprint density at radius 3 is 2.95 bits per heavy atom. The van der Waals surface area contributed by atoms with Crippen molar-refractivity contribution in [2.24, 2.45) is 17.8 Å². The van der Waals surface area contributed by atoms with E-state index in [4.69, 9.17) is 4.74 Å². The smallest absolute Gasteiger partial charge is 0.223 e. The fourth-order valence-corrected chi connectivity index (χ4v) is 4.16. The van der Waals surface area contributed by atoms with Crippen molar-refractivity contribution in [3.8, 4) is 5.75 Å². The van der Waals surface area contributed by atoms with Gasteiger partial charge in [0.25, 0.3) is 0 Å². The van der Waals surface area contributed by atoms with E-state index in [0.29, 0.717) is 18.1 Å². The molecular formula is C18H24FNO2. The molecule has 22 heavy (non-hydrogen) atoms. The second-order valence-electron chi connectivity index (χ2n) is 6.75. The van der Waals surface area contributed by atoms with E-state index in [9.17, 15) is 9.18 Å². The highest BCUT2D eigenvalue weighted by Crippen LogP contribution is 2.49. The molecule has 2 saturated carbocycles. The lowest BCUT2D eigenvalue weighted by atomic mass is 9.84. The van der Waals surface area contributed by atoms with E-state index >= 15 is 0 Å². The zero-order valence-corrected chi connectivity index (χ0v) is 13.1. The van der Waals surface area contributed by atoms with E-state index < -0.39 is 0 Å². The van der Waals surface area contributed by atoms with Gasteiger partial charge in [0, 0.05) is 12.1 Å². The van der Waals surface area contributed by atoms with Crippen molar-refractivity contribution in [2.45, 2.75) is 45.1 Å². The van der Waals surface area contributed by atoms with Gasteiger partial charge < -0.3 is 10.1 Å². The molecule has 3 rings (SSSR count). The summed E-state index contributed by atoms with van der Waals surface area (Å²) in [5.74, 6) is 2.51. The van der Waals surface area contributed by atoms with Crippen molar-refractivity contribution in [1.82, 2.24) is 5.32 Å². The standard InChI is InChI=1S/C18H24FNO2/c1-12(17-10-13-5-6-14(17)9-13)20-18(21)7-8-22-16-4-2-3-15(19)11-16/h2-4,11-14,17H,5-10H2,1H3,(H,20,21)/t12-,13+,14+,17-/m1/s1. The Labute approximate surface area is 131 Å². The van der Waals surface area contributed by atoms with E-state index in [1.807, 2.05) is 0 Å². The van der Waals surface area contributed by atoms with Crippen molar-refractivity contribution in [3.63, 3.8) is 0 Å². The van der Waals surface area contributed by atoms with Gasteiger partial charge in [-0.3, -0.25) is 4.79 Å². The SMILES string of the molecule is C[C@@H](NC(=O)CCOc1cccc(F)c1)[C@H]1C[C@H]2CC[C@H]1C2. The Hall–Kier alpha value is -1.58. The number of nitrogens with one attached hydrogen (secondary N) is 1. The minimum Gasteiger partial charge on any atom is -0.493 e. The molecule has 0 spiro atoms. The van der Waals surface area contributed by atoms with E-state index in [-0.39, 0.29) is 24.4 Å². The molecule has 1 aromatic carbocycles. The molecule has 1 amide bonds. The lowest BCUT2D eigenvalue weighted by Crippen LogP contribution is -2.40. The van der Waals surface area contributed by atoms with Crippen LogP contribution in [0.3, 0.4) is 0 Å². The van der Waals surface area contributed by atoms with Crippen molar-refractivity contribution in [3.05, 3.63) is 30.1 Å². The Balaban J connectivity index is 1.39. The molecule has 2 aliphatic rings. The number of fused-ring (bicyclic) bond motifs is 2. The van der Waals surface area contributed by atoms with Crippen LogP contribution >= 0.6 is 0 Å². The van der Waals surface area contributed by atoms with Crippen molar-refractivity contribution in [1.29, 1.82) is 0 Å². The first-order chi connectivity index (χ1) is 10.6. The maximum Gasteiger partial charge on any atom is 0.223 e. The third kappa shape index (κ3) is 3.60. The van der Waals surface area contributed by atoms with Crippen LogP contribution in [0.4, 0.5) is 4.39 Å². The largest absolute Gasteiger partial charge is 0.493 e. The van der Waals surface area contributed by atoms with Crippen LogP contribution in [0.5, 0.6) is 5.75 Å². The molecule has 4 atom stereocenters. The van der Waals surface area contributed by atoms with Gasteiger partial charge in [0.05, 0.1) is 13.0 Å². The van der Waals surface area contributed by atoms with E-state index in [2.05, 4.69) is 12.2 Å². The molecule has 0 aliphatic heterocycles. The predicted molar refractivity (Wildman–Crippen MR) is 83.1 cm³/mol. The van der Waals surface area contributed by atoms with Gasteiger partial charge in [0.1, 0.15) is 11.6 Å². The van der Waals surface area contributed by atoms with Gasteiger partial charge in [0.2, 0.25) is 5.91 Å². The maximum absolute atomic E-state index is 13.0. The Morgan fingerprint density at radius 2 is 2.27 bits per heavy atom. The average Bonchev–Trinajstić information content (AvgIpc) is 3.10. The number of amides is 1. The summed E-state index contributed by atoms with van der Waals surface area (Å²) in [5, 5.41) is 3.11. The zero-order chi connectivity index (χ0) is 15.5. The van der Waals surface area contributed by atoms with Crippen LogP contribution < -0.4 is 10.1 Å². The van der Waals surface area contributed by atoms with Crippen molar-refractivity contribution < 1.29 is 13.9 Å². The zero-order valence-electron chi connectivity index (χ0n) is 13.1. The average molecular weight is 305 g/mol. The topological polar surface area (TPSA) is 38.3 Å². The minimum atomic E-state index is -0.327. The first-order valence-corrected chi connectivity index (χ1v) is 8.29. The van der Waals surface area contributed by atoms with E-state index in [0.717, 1.165) is 11.8 Å². The normalized spacial score (nSPS) is 27.6. The van der Waals surface area contributed by atoms with Gasteiger partial charge in [-0.25, -0.2) is 4.39 Å². The fourth-order valence-electron chi connectivity index (χ4n) is 4.16. The predicted octanol–water partition coefficient (Wildman–Crippen LogP) is 3.54. The number of carbonyl (C=O) groups is 1. The molecule has 4 heteroatoms. The number of rotatable bonds is 6. The maximum atomic E-state index is 13.0. The summed E-state index contributed by atoms with van der Waals surface area (Å²) < 4.78 is 18.4. The first kappa shape index (κ1) is 15.3. The van der Waals surface area contributed by atoms with Crippen molar-refractivity contribution >= 4 is 5.91 Å². The van der Waals surface area contributed by atoms with Crippen LogP contribution in [0.2, 0.25) is 0 Å². The molecule has 1 N–H and O–H groups in total. The van der Waals surface area contributed by atoms with Crippen LogP contribution in [0.15, 0.2) is 24.3 Å². The van der Waals surface area contributed by atoms with Crippen LogP contribution in [0.25, 0.3) is 0 Å². The highest BCUT2D eigenvalue weighted by atomic mass is 19.1. The Kier molecular flexibility index (Phi) is 4.65. The van der Waals surface area contributed by atoms with Gasteiger partial charge in [-0.05, 0) is 56.1 Å². The lowest BCUT2D eigenvalue weighted by molar-refractivity contribution is -0.122.